The number of hydrogen-bond donors (Lipinski definition) is 1. The Labute approximate surface area is 273 Å². The van der Waals surface area contributed by atoms with Gasteiger partial charge in [0.05, 0.1) is 30.4 Å². The summed E-state index contributed by atoms with van der Waals surface area (Å²) in [5.74, 6) is 2.40. The van der Waals surface area contributed by atoms with E-state index in [1.165, 1.54) is 12.8 Å². The highest BCUT2D eigenvalue weighted by atomic mass is 16.5. The Hall–Kier alpha value is -4.77. The molecular weight excluding hydrogens is 592 g/mol. The highest BCUT2D eigenvalue weighted by Gasteiger charge is 2.47. The van der Waals surface area contributed by atoms with Crippen LogP contribution in [0.1, 0.15) is 41.7 Å². The second-order valence-corrected chi connectivity index (χ2v) is 13.7. The van der Waals surface area contributed by atoms with Crippen LogP contribution in [0.15, 0.2) is 48.7 Å². The van der Waals surface area contributed by atoms with Gasteiger partial charge in [-0.05, 0) is 80.0 Å². The van der Waals surface area contributed by atoms with Gasteiger partial charge < -0.3 is 29.4 Å². The number of likely N-dealkylation sites (N-methyl/N-ethyl adjacent to an activating group) is 1. The zero-order valence-electron chi connectivity index (χ0n) is 27.3. The monoisotopic (exact) mass is 632 g/mol. The van der Waals surface area contributed by atoms with E-state index in [9.17, 15) is 9.59 Å². The molecule has 2 saturated carbocycles. The lowest BCUT2D eigenvalue weighted by Crippen LogP contribution is -2.41. The molecule has 0 spiro atoms. The van der Waals surface area contributed by atoms with Crippen LogP contribution in [0.4, 0.5) is 0 Å². The van der Waals surface area contributed by atoms with E-state index >= 15 is 0 Å². The molecule has 1 aliphatic heterocycles. The molecule has 2 aliphatic carbocycles. The summed E-state index contributed by atoms with van der Waals surface area (Å²) in [6, 6.07) is 14.0. The van der Waals surface area contributed by atoms with Crippen molar-refractivity contribution in [3.8, 4) is 28.5 Å². The summed E-state index contributed by atoms with van der Waals surface area (Å²) in [6.07, 6.45) is 6.50. The largest absolute Gasteiger partial charge is 0.494 e. The number of methoxy groups -OCH3 is 1. The van der Waals surface area contributed by atoms with Crippen LogP contribution in [0.5, 0.6) is 5.75 Å². The van der Waals surface area contributed by atoms with Crippen molar-refractivity contribution in [3.63, 3.8) is 0 Å². The number of rotatable bonds is 8. The summed E-state index contributed by atoms with van der Waals surface area (Å²) in [7, 11) is 7.13. The first-order valence-electron chi connectivity index (χ1n) is 16.5. The topological polar surface area (TPSA) is 124 Å². The van der Waals surface area contributed by atoms with Crippen LogP contribution in [-0.4, -0.2) is 85.5 Å². The van der Waals surface area contributed by atoms with Gasteiger partial charge in [0, 0.05) is 74.7 Å². The molecule has 2 N–H and O–H groups in total. The van der Waals surface area contributed by atoms with E-state index in [1.807, 2.05) is 42.3 Å². The van der Waals surface area contributed by atoms with Gasteiger partial charge in [0.1, 0.15) is 16.9 Å². The van der Waals surface area contributed by atoms with E-state index in [0.717, 1.165) is 69.9 Å². The summed E-state index contributed by atoms with van der Waals surface area (Å²) in [4.78, 5) is 44.2. The molecule has 242 valence electrons. The minimum absolute atomic E-state index is 0.00792. The third-order valence-corrected chi connectivity index (χ3v) is 10.4. The van der Waals surface area contributed by atoms with Gasteiger partial charge in [0.25, 0.3) is 5.91 Å². The normalized spacial score (nSPS) is 20.4. The molecule has 47 heavy (non-hydrogen) atoms. The van der Waals surface area contributed by atoms with E-state index in [1.54, 1.807) is 32.3 Å². The number of likely N-dealkylation sites (tertiary alicyclic amines) is 1. The van der Waals surface area contributed by atoms with Crippen molar-refractivity contribution in [2.75, 3.05) is 27.7 Å². The Bertz CT molecular complexity index is 2040. The molecule has 1 saturated heterocycles. The number of fused-ring (bicyclic) bond motifs is 4. The first-order valence-corrected chi connectivity index (χ1v) is 16.5. The number of amides is 2. The van der Waals surface area contributed by atoms with Gasteiger partial charge in [-0.3, -0.25) is 14.6 Å². The number of benzene rings is 1. The number of nitrogens with two attached hydrogens (primary N) is 1. The first-order chi connectivity index (χ1) is 22.7. The molecule has 3 fully saturated rings. The SMILES string of the molecule is COc1cc(C(=O)N2C[C@H]3CC[C@@H]2[C@@H]3N)cc2nc(-c3cc4ccc(-c5ccc(CC(=O)N(C)C)nc5)nc4n3CC3CC3)n(C)c12. The van der Waals surface area contributed by atoms with Crippen molar-refractivity contribution in [1.29, 1.82) is 0 Å². The van der Waals surface area contributed by atoms with Crippen molar-refractivity contribution >= 4 is 33.9 Å². The first kappa shape index (κ1) is 29.6. The van der Waals surface area contributed by atoms with Gasteiger partial charge in [0.15, 0.2) is 5.82 Å². The van der Waals surface area contributed by atoms with Crippen molar-refractivity contribution in [1.82, 2.24) is 33.9 Å². The zero-order chi connectivity index (χ0) is 32.6. The molecular formula is C36H40N8O3. The van der Waals surface area contributed by atoms with E-state index in [2.05, 4.69) is 26.3 Å². The second-order valence-electron chi connectivity index (χ2n) is 13.7. The fourth-order valence-corrected chi connectivity index (χ4v) is 7.48. The Morgan fingerprint density at radius 1 is 1.04 bits per heavy atom. The van der Waals surface area contributed by atoms with Crippen LogP contribution in [0.25, 0.3) is 44.8 Å². The van der Waals surface area contributed by atoms with Crippen molar-refractivity contribution in [2.45, 2.75) is 50.7 Å². The third kappa shape index (κ3) is 5.04. The number of pyridine rings is 2. The third-order valence-electron chi connectivity index (χ3n) is 10.4. The van der Waals surface area contributed by atoms with Crippen molar-refractivity contribution in [2.24, 2.45) is 24.6 Å². The minimum atomic E-state index is -0.00792. The highest BCUT2D eigenvalue weighted by Crippen LogP contribution is 2.40. The Morgan fingerprint density at radius 2 is 1.87 bits per heavy atom. The van der Waals surface area contributed by atoms with Crippen LogP contribution < -0.4 is 10.5 Å². The average molecular weight is 633 g/mol. The molecule has 11 nitrogen and oxygen atoms in total. The second kappa shape index (κ2) is 11.2. The summed E-state index contributed by atoms with van der Waals surface area (Å²) in [5.41, 5.74) is 12.9. The smallest absolute Gasteiger partial charge is 0.254 e. The van der Waals surface area contributed by atoms with Gasteiger partial charge in [-0.15, -0.1) is 0 Å². The van der Waals surface area contributed by atoms with Gasteiger partial charge in [-0.1, -0.05) is 0 Å². The molecule has 3 aliphatic rings. The van der Waals surface area contributed by atoms with Gasteiger partial charge >= 0.3 is 0 Å². The molecule has 0 radical (unpaired) electrons. The molecule has 0 unspecified atom stereocenters. The summed E-state index contributed by atoms with van der Waals surface area (Å²) < 4.78 is 10.2. The minimum Gasteiger partial charge on any atom is -0.494 e. The average Bonchev–Trinajstić information content (AvgIpc) is 3.48. The lowest BCUT2D eigenvalue weighted by Gasteiger charge is -2.27. The van der Waals surface area contributed by atoms with Crippen LogP contribution >= 0.6 is 0 Å². The molecule has 2 bridgehead atoms. The van der Waals surface area contributed by atoms with Crippen LogP contribution in [0, 0.1) is 11.8 Å². The number of aromatic nitrogens is 5. The molecule has 4 aromatic heterocycles. The van der Waals surface area contributed by atoms with Crippen LogP contribution in [0.2, 0.25) is 0 Å². The maximum Gasteiger partial charge on any atom is 0.254 e. The van der Waals surface area contributed by atoms with Gasteiger partial charge in [-0.2, -0.15) is 0 Å². The molecule has 8 rings (SSSR count). The van der Waals surface area contributed by atoms with Crippen LogP contribution in [-0.2, 0) is 24.8 Å². The van der Waals surface area contributed by atoms with E-state index in [0.29, 0.717) is 29.7 Å². The lowest BCUT2D eigenvalue weighted by molar-refractivity contribution is -0.128. The number of nitrogens with zero attached hydrogens (tertiary/aromatic N) is 7. The lowest BCUT2D eigenvalue weighted by atomic mass is 10.1. The van der Waals surface area contributed by atoms with Crippen molar-refractivity contribution < 1.29 is 14.3 Å². The summed E-state index contributed by atoms with van der Waals surface area (Å²) in [6.45, 7) is 1.56. The number of hydrogen-bond acceptors (Lipinski definition) is 7. The predicted molar refractivity (Wildman–Crippen MR) is 180 cm³/mol. The summed E-state index contributed by atoms with van der Waals surface area (Å²) >= 11 is 0. The molecule has 5 heterocycles. The number of aryl methyl sites for hydroxylation is 1. The van der Waals surface area contributed by atoms with Gasteiger partial charge in [0.2, 0.25) is 5.91 Å². The fourth-order valence-electron chi connectivity index (χ4n) is 7.48. The zero-order valence-corrected chi connectivity index (χ0v) is 27.3. The Kier molecular flexibility index (Phi) is 7.05. The highest BCUT2D eigenvalue weighted by molar-refractivity contribution is 6.00. The van der Waals surface area contributed by atoms with Crippen molar-refractivity contribution in [3.05, 3.63) is 59.9 Å². The Balaban J connectivity index is 1.18. The molecule has 3 atom stereocenters. The van der Waals surface area contributed by atoms with E-state index < -0.39 is 0 Å². The standard InChI is InChI=1S/C36H40N8O3/c1-41(2)31(45)16-25-10-7-22(17-38-25)26-11-8-21-14-29(43(34(21)39-26)18-20-5-6-20)35-40-27-13-24(15-30(47-4)33(27)42(35)3)36(46)44-19-23-9-12-28(44)32(23)37/h7-8,10-11,13-15,17,20,23,28,32H,5-6,9,12,16,18-19,37H2,1-4H3/t23-,28-,32-/m1/s1. The van der Waals surface area contributed by atoms with E-state index in [4.69, 9.17) is 20.4 Å². The molecule has 2 amide bonds. The molecule has 11 heteroatoms. The predicted octanol–water partition coefficient (Wildman–Crippen LogP) is 4.26. The number of carbonyl (C=O) groups is 2. The van der Waals surface area contributed by atoms with E-state index in [-0.39, 0.29) is 30.3 Å². The number of piperidine rings is 1. The quantitative estimate of drug-likeness (QED) is 0.271. The maximum atomic E-state index is 13.7. The van der Waals surface area contributed by atoms with Crippen LogP contribution in [0.3, 0.4) is 0 Å². The van der Waals surface area contributed by atoms with Gasteiger partial charge in [-0.25, -0.2) is 9.97 Å². The summed E-state index contributed by atoms with van der Waals surface area (Å²) in [5, 5.41) is 1.03. The molecule has 5 aromatic rings. The fraction of sp³-hybridized carbons (Fsp3) is 0.417. The molecule has 1 aromatic carbocycles. The number of imidazole rings is 1. The Morgan fingerprint density at radius 3 is 2.53 bits per heavy atom. The number of ether oxygens (including phenoxy) is 1. The maximum absolute atomic E-state index is 13.7. The number of carbonyl (C=O) groups excluding carboxylic acids is 2.